The van der Waals surface area contributed by atoms with Crippen molar-refractivity contribution in [1.29, 1.82) is 0 Å². The molecule has 1 amide bonds. The van der Waals surface area contributed by atoms with E-state index in [1.54, 1.807) is 0 Å². The van der Waals surface area contributed by atoms with E-state index < -0.39 is 12.0 Å². The summed E-state index contributed by atoms with van der Waals surface area (Å²) in [4.78, 5) is 22.7. The molecule has 4 N–H and O–H groups in total. The molecule has 0 bridgehead atoms. The Morgan fingerprint density at radius 1 is 1.26 bits per heavy atom. The fraction of sp³-hybridized carbons (Fsp3) is 0.857. The maximum Gasteiger partial charge on any atom is 0.303 e. The Morgan fingerprint density at radius 2 is 1.79 bits per heavy atom. The summed E-state index contributed by atoms with van der Waals surface area (Å²) < 4.78 is 0. The average molecular weight is 272 g/mol. The number of rotatable bonds is 7. The van der Waals surface area contributed by atoms with Crippen LogP contribution in [0.5, 0.6) is 0 Å². The van der Waals surface area contributed by atoms with Crippen molar-refractivity contribution in [3.63, 3.8) is 0 Å². The van der Waals surface area contributed by atoms with E-state index in [1.807, 2.05) is 34.6 Å². The van der Waals surface area contributed by atoms with E-state index in [0.29, 0.717) is 12.5 Å². The van der Waals surface area contributed by atoms with Crippen LogP contribution in [0.1, 0.15) is 47.5 Å². The molecular weight excluding hydrogens is 244 g/mol. The second kappa shape index (κ2) is 7.48. The first-order valence-electron chi connectivity index (χ1n) is 6.79. The third-order valence-corrected chi connectivity index (χ3v) is 3.05. The molecule has 0 saturated carbocycles. The molecule has 0 radical (unpaired) electrons. The molecule has 0 aromatic carbocycles. The van der Waals surface area contributed by atoms with Crippen molar-refractivity contribution in [2.75, 3.05) is 6.54 Å². The predicted octanol–water partition coefficient (Wildman–Crippen LogP) is 1.61. The molecule has 0 aliphatic rings. The molecule has 0 spiro atoms. The van der Waals surface area contributed by atoms with Gasteiger partial charge in [0, 0.05) is 13.0 Å². The Labute approximate surface area is 115 Å². The highest BCUT2D eigenvalue weighted by molar-refractivity contribution is 5.82. The minimum Gasteiger partial charge on any atom is -0.481 e. The lowest BCUT2D eigenvalue weighted by atomic mass is 9.86. The average Bonchev–Trinajstić information content (AvgIpc) is 2.21. The van der Waals surface area contributed by atoms with Crippen molar-refractivity contribution in [3.05, 3.63) is 0 Å². The number of carboxylic acid groups (broad SMARTS) is 1. The smallest absolute Gasteiger partial charge is 0.303 e. The van der Waals surface area contributed by atoms with Crippen molar-refractivity contribution in [3.8, 4) is 0 Å². The van der Waals surface area contributed by atoms with Gasteiger partial charge in [-0.2, -0.15) is 0 Å². The van der Waals surface area contributed by atoms with Gasteiger partial charge in [-0.15, -0.1) is 0 Å². The summed E-state index contributed by atoms with van der Waals surface area (Å²) in [5.41, 5.74) is 5.55. The lowest BCUT2D eigenvalue weighted by Gasteiger charge is -2.27. The van der Waals surface area contributed by atoms with Crippen LogP contribution in [0, 0.1) is 17.3 Å². The third kappa shape index (κ3) is 7.82. The second-order valence-electron chi connectivity index (χ2n) is 6.68. The summed E-state index contributed by atoms with van der Waals surface area (Å²) >= 11 is 0. The van der Waals surface area contributed by atoms with Crippen molar-refractivity contribution >= 4 is 11.9 Å². The molecule has 0 saturated heterocycles. The topological polar surface area (TPSA) is 92.4 Å². The van der Waals surface area contributed by atoms with E-state index in [0.717, 1.165) is 6.42 Å². The monoisotopic (exact) mass is 272 g/mol. The molecule has 0 rings (SSSR count). The standard InChI is InChI=1S/C14H28N2O3/c1-9(2)6-10(7-11(17)18)8-16-13(19)12(15)14(3,4)5/h9-10,12H,6-8,15H2,1-5H3,(H,16,19)(H,17,18). The molecule has 112 valence electrons. The fourth-order valence-electron chi connectivity index (χ4n) is 1.90. The van der Waals surface area contributed by atoms with Gasteiger partial charge in [0.2, 0.25) is 5.91 Å². The summed E-state index contributed by atoms with van der Waals surface area (Å²) in [6.45, 7) is 10.2. The van der Waals surface area contributed by atoms with Crippen LogP contribution < -0.4 is 11.1 Å². The van der Waals surface area contributed by atoms with Gasteiger partial charge >= 0.3 is 5.97 Å². The molecule has 5 nitrogen and oxygen atoms in total. The number of hydrogen-bond donors (Lipinski definition) is 3. The van der Waals surface area contributed by atoms with Crippen LogP contribution in [0.3, 0.4) is 0 Å². The highest BCUT2D eigenvalue weighted by atomic mass is 16.4. The Hall–Kier alpha value is -1.10. The third-order valence-electron chi connectivity index (χ3n) is 3.05. The van der Waals surface area contributed by atoms with E-state index >= 15 is 0 Å². The zero-order valence-corrected chi connectivity index (χ0v) is 12.7. The number of carbonyl (C=O) groups is 2. The molecular formula is C14H28N2O3. The maximum absolute atomic E-state index is 11.9. The number of amides is 1. The molecule has 0 fully saturated rings. The number of nitrogens with one attached hydrogen (secondary N) is 1. The van der Waals surface area contributed by atoms with Crippen LogP contribution in [0.4, 0.5) is 0 Å². The maximum atomic E-state index is 11.9. The van der Waals surface area contributed by atoms with E-state index in [2.05, 4.69) is 5.32 Å². The van der Waals surface area contributed by atoms with E-state index in [1.165, 1.54) is 0 Å². The Bertz CT molecular complexity index is 308. The van der Waals surface area contributed by atoms with Crippen LogP contribution in [-0.2, 0) is 9.59 Å². The first-order chi connectivity index (χ1) is 8.54. The summed E-state index contributed by atoms with van der Waals surface area (Å²) in [5.74, 6) is -0.696. The van der Waals surface area contributed by atoms with Gasteiger partial charge in [0.1, 0.15) is 0 Å². The molecule has 19 heavy (non-hydrogen) atoms. The van der Waals surface area contributed by atoms with Crippen LogP contribution >= 0.6 is 0 Å². The Balaban J connectivity index is 4.38. The molecule has 0 aliphatic carbocycles. The highest BCUT2D eigenvalue weighted by Crippen LogP contribution is 2.18. The Morgan fingerprint density at radius 3 is 2.16 bits per heavy atom. The van der Waals surface area contributed by atoms with Crippen LogP contribution in [0.25, 0.3) is 0 Å². The van der Waals surface area contributed by atoms with Crippen LogP contribution in [-0.4, -0.2) is 29.6 Å². The van der Waals surface area contributed by atoms with Gasteiger partial charge in [-0.3, -0.25) is 9.59 Å². The van der Waals surface area contributed by atoms with E-state index in [-0.39, 0.29) is 23.7 Å². The number of carboxylic acids is 1. The normalized spacial score (nSPS) is 15.1. The van der Waals surface area contributed by atoms with Crippen LogP contribution in [0.15, 0.2) is 0 Å². The minimum atomic E-state index is -0.833. The van der Waals surface area contributed by atoms with Crippen molar-refractivity contribution in [2.24, 2.45) is 23.0 Å². The highest BCUT2D eigenvalue weighted by Gasteiger charge is 2.27. The zero-order valence-electron chi connectivity index (χ0n) is 12.7. The quantitative estimate of drug-likeness (QED) is 0.656. The Kier molecular flexibility index (Phi) is 7.05. The first-order valence-corrected chi connectivity index (χ1v) is 6.79. The predicted molar refractivity (Wildman–Crippen MR) is 75.6 cm³/mol. The van der Waals surface area contributed by atoms with Gasteiger partial charge < -0.3 is 16.2 Å². The summed E-state index contributed by atoms with van der Waals surface area (Å²) in [6.07, 6.45) is 0.848. The largest absolute Gasteiger partial charge is 0.481 e. The zero-order chi connectivity index (χ0) is 15.2. The molecule has 2 atom stereocenters. The molecule has 0 aromatic rings. The lowest BCUT2D eigenvalue weighted by molar-refractivity contribution is -0.138. The first kappa shape index (κ1) is 17.9. The fourth-order valence-corrected chi connectivity index (χ4v) is 1.90. The van der Waals surface area contributed by atoms with Crippen LogP contribution in [0.2, 0.25) is 0 Å². The molecule has 2 unspecified atom stereocenters. The number of carbonyl (C=O) groups excluding carboxylic acids is 1. The molecule has 0 aromatic heterocycles. The van der Waals surface area contributed by atoms with Crippen molar-refractivity contribution in [1.82, 2.24) is 5.32 Å². The van der Waals surface area contributed by atoms with E-state index in [4.69, 9.17) is 10.8 Å². The number of hydrogen-bond acceptors (Lipinski definition) is 3. The lowest BCUT2D eigenvalue weighted by Crippen LogP contribution is -2.49. The van der Waals surface area contributed by atoms with Crippen molar-refractivity contribution < 1.29 is 14.7 Å². The minimum absolute atomic E-state index is 0.0476. The van der Waals surface area contributed by atoms with Gasteiger partial charge in [0.15, 0.2) is 0 Å². The van der Waals surface area contributed by atoms with E-state index in [9.17, 15) is 9.59 Å². The summed E-state index contributed by atoms with van der Waals surface area (Å²) in [5, 5.41) is 11.6. The second-order valence-corrected chi connectivity index (χ2v) is 6.68. The van der Waals surface area contributed by atoms with Gasteiger partial charge in [-0.05, 0) is 23.7 Å². The SMILES string of the molecule is CC(C)CC(CNC(=O)C(N)C(C)(C)C)CC(=O)O. The van der Waals surface area contributed by atoms with Gasteiger partial charge in [-0.1, -0.05) is 34.6 Å². The summed E-state index contributed by atoms with van der Waals surface area (Å²) in [6, 6.07) is -0.586. The van der Waals surface area contributed by atoms with Crippen molar-refractivity contribution in [2.45, 2.75) is 53.5 Å². The number of nitrogens with two attached hydrogens (primary N) is 1. The molecule has 0 aliphatic heterocycles. The van der Waals surface area contributed by atoms with Gasteiger partial charge in [0.25, 0.3) is 0 Å². The number of aliphatic carboxylic acids is 1. The molecule has 0 heterocycles. The summed E-state index contributed by atoms with van der Waals surface area (Å²) in [7, 11) is 0. The molecule has 5 heteroatoms. The van der Waals surface area contributed by atoms with Gasteiger partial charge in [-0.25, -0.2) is 0 Å². The van der Waals surface area contributed by atoms with Gasteiger partial charge in [0.05, 0.1) is 6.04 Å².